The fourth-order valence-corrected chi connectivity index (χ4v) is 3.50. The molecule has 6 heteroatoms. The second-order valence-corrected chi connectivity index (χ2v) is 6.65. The van der Waals surface area contributed by atoms with E-state index in [1.165, 1.54) is 0 Å². The van der Waals surface area contributed by atoms with Crippen molar-refractivity contribution in [1.29, 1.82) is 0 Å². The summed E-state index contributed by atoms with van der Waals surface area (Å²) in [5.74, 6) is 0.596. The Kier molecular flexibility index (Phi) is 4.62. The molecule has 0 radical (unpaired) electrons. The van der Waals surface area contributed by atoms with Gasteiger partial charge in [0.25, 0.3) is 0 Å². The number of esters is 1. The monoisotopic (exact) mass is 363 g/mol. The average molecular weight is 363 g/mol. The van der Waals surface area contributed by atoms with E-state index in [0.717, 1.165) is 35.5 Å². The lowest BCUT2D eigenvalue weighted by Gasteiger charge is -2.15. The standard InChI is InChI=1S/C21H21N3O3/c1-15-22-18-14-16(21(26)27-13-12-23-11-5-8-20(23)25)9-10-19(18)24(15)17-6-3-2-4-7-17/h2-4,6-7,9-10,14H,5,8,11-13H2,1H3. The van der Waals surface area contributed by atoms with Crippen molar-refractivity contribution in [2.75, 3.05) is 19.7 Å². The summed E-state index contributed by atoms with van der Waals surface area (Å²) in [6.07, 6.45) is 1.47. The molecule has 1 saturated heterocycles. The van der Waals surface area contributed by atoms with Gasteiger partial charge in [-0.05, 0) is 43.7 Å². The number of likely N-dealkylation sites (tertiary alicyclic amines) is 1. The van der Waals surface area contributed by atoms with E-state index in [0.29, 0.717) is 18.5 Å². The lowest BCUT2D eigenvalue weighted by Crippen LogP contribution is -2.29. The van der Waals surface area contributed by atoms with Crippen LogP contribution in [0.25, 0.3) is 16.7 Å². The van der Waals surface area contributed by atoms with E-state index in [1.54, 1.807) is 17.0 Å². The zero-order chi connectivity index (χ0) is 18.8. The minimum atomic E-state index is -0.393. The molecule has 1 amide bonds. The molecule has 4 rings (SSSR count). The second kappa shape index (κ2) is 7.23. The third-order valence-electron chi connectivity index (χ3n) is 4.84. The topological polar surface area (TPSA) is 64.4 Å². The van der Waals surface area contributed by atoms with Crippen molar-refractivity contribution in [3.05, 3.63) is 59.9 Å². The number of fused-ring (bicyclic) bond motifs is 1. The Labute approximate surface area is 157 Å². The van der Waals surface area contributed by atoms with Crippen LogP contribution in [0.4, 0.5) is 0 Å². The number of nitrogens with zero attached hydrogens (tertiary/aromatic N) is 3. The highest BCUT2D eigenvalue weighted by molar-refractivity contribution is 5.94. The number of aromatic nitrogens is 2. The Morgan fingerprint density at radius 3 is 2.74 bits per heavy atom. The Hall–Kier alpha value is -3.15. The zero-order valence-corrected chi connectivity index (χ0v) is 15.2. The molecule has 0 saturated carbocycles. The van der Waals surface area contributed by atoms with Gasteiger partial charge in [-0.1, -0.05) is 18.2 Å². The fraction of sp³-hybridized carbons (Fsp3) is 0.286. The minimum Gasteiger partial charge on any atom is -0.460 e. The summed E-state index contributed by atoms with van der Waals surface area (Å²) in [5, 5.41) is 0. The van der Waals surface area contributed by atoms with Gasteiger partial charge < -0.3 is 9.64 Å². The van der Waals surface area contributed by atoms with Gasteiger partial charge in [-0.25, -0.2) is 9.78 Å². The van der Waals surface area contributed by atoms with Crippen molar-refractivity contribution >= 4 is 22.9 Å². The number of hydrogen-bond acceptors (Lipinski definition) is 4. The molecular formula is C21H21N3O3. The lowest BCUT2D eigenvalue weighted by atomic mass is 10.2. The van der Waals surface area contributed by atoms with Crippen LogP contribution in [-0.4, -0.2) is 46.0 Å². The van der Waals surface area contributed by atoms with E-state index in [9.17, 15) is 9.59 Å². The van der Waals surface area contributed by atoms with E-state index >= 15 is 0 Å². The van der Waals surface area contributed by atoms with Crippen LogP contribution in [0.3, 0.4) is 0 Å². The van der Waals surface area contributed by atoms with E-state index in [4.69, 9.17) is 4.74 Å². The number of benzene rings is 2. The predicted octanol–water partition coefficient (Wildman–Crippen LogP) is 3.11. The number of carbonyl (C=O) groups excluding carboxylic acids is 2. The van der Waals surface area contributed by atoms with Gasteiger partial charge in [-0.3, -0.25) is 9.36 Å². The number of rotatable bonds is 5. The number of para-hydroxylation sites is 1. The second-order valence-electron chi connectivity index (χ2n) is 6.65. The normalized spacial score (nSPS) is 14.1. The SMILES string of the molecule is Cc1nc2cc(C(=O)OCCN3CCCC3=O)ccc2n1-c1ccccc1. The number of ether oxygens (including phenoxy) is 1. The lowest BCUT2D eigenvalue weighted by molar-refractivity contribution is -0.128. The summed E-state index contributed by atoms with van der Waals surface area (Å²) in [5.41, 5.74) is 3.19. The largest absolute Gasteiger partial charge is 0.460 e. The molecule has 0 unspecified atom stereocenters. The molecule has 1 aliphatic rings. The van der Waals surface area contributed by atoms with E-state index in [-0.39, 0.29) is 12.5 Å². The van der Waals surface area contributed by atoms with Crippen molar-refractivity contribution < 1.29 is 14.3 Å². The molecule has 27 heavy (non-hydrogen) atoms. The van der Waals surface area contributed by atoms with Gasteiger partial charge in [0.05, 0.1) is 23.1 Å². The molecule has 0 N–H and O–H groups in total. The maximum Gasteiger partial charge on any atom is 0.338 e. The third-order valence-corrected chi connectivity index (χ3v) is 4.84. The summed E-state index contributed by atoms with van der Waals surface area (Å²) in [6.45, 7) is 3.35. The van der Waals surface area contributed by atoms with Crippen molar-refractivity contribution in [2.45, 2.75) is 19.8 Å². The molecule has 138 valence electrons. The average Bonchev–Trinajstić information content (AvgIpc) is 3.23. The molecule has 0 atom stereocenters. The highest BCUT2D eigenvalue weighted by atomic mass is 16.5. The van der Waals surface area contributed by atoms with Crippen LogP contribution in [0, 0.1) is 6.92 Å². The van der Waals surface area contributed by atoms with Crippen LogP contribution >= 0.6 is 0 Å². The molecule has 1 fully saturated rings. The van der Waals surface area contributed by atoms with Crippen LogP contribution in [-0.2, 0) is 9.53 Å². The molecule has 6 nitrogen and oxygen atoms in total. The van der Waals surface area contributed by atoms with Crippen molar-refractivity contribution in [3.63, 3.8) is 0 Å². The van der Waals surface area contributed by atoms with Gasteiger partial charge in [-0.2, -0.15) is 0 Å². The predicted molar refractivity (Wildman–Crippen MR) is 102 cm³/mol. The first kappa shape index (κ1) is 17.3. The number of hydrogen-bond donors (Lipinski definition) is 0. The Bertz CT molecular complexity index is 995. The van der Waals surface area contributed by atoms with Gasteiger partial charge in [-0.15, -0.1) is 0 Å². The maximum atomic E-state index is 12.3. The van der Waals surface area contributed by atoms with Crippen LogP contribution < -0.4 is 0 Å². The minimum absolute atomic E-state index is 0.134. The third kappa shape index (κ3) is 3.43. The number of amides is 1. The molecule has 0 bridgehead atoms. The highest BCUT2D eigenvalue weighted by Gasteiger charge is 2.20. The van der Waals surface area contributed by atoms with Crippen molar-refractivity contribution in [2.24, 2.45) is 0 Å². The first-order valence-corrected chi connectivity index (χ1v) is 9.13. The van der Waals surface area contributed by atoms with Crippen LogP contribution in [0.1, 0.15) is 29.0 Å². The summed E-state index contributed by atoms with van der Waals surface area (Å²) >= 11 is 0. The summed E-state index contributed by atoms with van der Waals surface area (Å²) in [6, 6.07) is 15.4. The Morgan fingerprint density at radius 2 is 2.00 bits per heavy atom. The first-order chi connectivity index (χ1) is 13.1. The van der Waals surface area contributed by atoms with Crippen LogP contribution in [0.15, 0.2) is 48.5 Å². The van der Waals surface area contributed by atoms with Crippen molar-refractivity contribution in [1.82, 2.24) is 14.5 Å². The molecule has 0 spiro atoms. The maximum absolute atomic E-state index is 12.3. The van der Waals surface area contributed by atoms with Gasteiger partial charge >= 0.3 is 5.97 Å². The van der Waals surface area contributed by atoms with Gasteiger partial charge in [0.1, 0.15) is 12.4 Å². The van der Waals surface area contributed by atoms with Crippen molar-refractivity contribution in [3.8, 4) is 5.69 Å². The summed E-state index contributed by atoms with van der Waals surface area (Å²) in [4.78, 5) is 30.3. The number of carbonyl (C=O) groups is 2. The highest BCUT2D eigenvalue weighted by Crippen LogP contribution is 2.22. The molecule has 3 aromatic rings. The molecule has 2 aromatic carbocycles. The van der Waals surface area contributed by atoms with Crippen LogP contribution in [0.2, 0.25) is 0 Å². The van der Waals surface area contributed by atoms with E-state index < -0.39 is 5.97 Å². The molecular weight excluding hydrogens is 342 g/mol. The first-order valence-electron chi connectivity index (χ1n) is 9.13. The molecule has 2 heterocycles. The van der Waals surface area contributed by atoms with Gasteiger partial charge in [0.2, 0.25) is 5.91 Å². The summed E-state index contributed by atoms with van der Waals surface area (Å²) < 4.78 is 7.40. The van der Waals surface area contributed by atoms with Gasteiger partial charge in [0.15, 0.2) is 0 Å². The molecule has 1 aromatic heterocycles. The molecule has 0 aliphatic carbocycles. The van der Waals surface area contributed by atoms with Gasteiger partial charge in [0, 0.05) is 18.7 Å². The number of aryl methyl sites for hydroxylation is 1. The summed E-state index contributed by atoms with van der Waals surface area (Å²) in [7, 11) is 0. The quantitative estimate of drug-likeness (QED) is 0.654. The van der Waals surface area contributed by atoms with E-state index in [2.05, 4.69) is 9.55 Å². The molecule has 1 aliphatic heterocycles. The van der Waals surface area contributed by atoms with E-state index in [1.807, 2.05) is 43.3 Å². The Balaban J connectivity index is 1.50. The zero-order valence-electron chi connectivity index (χ0n) is 15.2. The Morgan fingerprint density at radius 1 is 1.19 bits per heavy atom. The number of imidazole rings is 1. The van der Waals surface area contributed by atoms with Crippen LogP contribution in [0.5, 0.6) is 0 Å². The fourth-order valence-electron chi connectivity index (χ4n) is 3.50. The smallest absolute Gasteiger partial charge is 0.338 e.